The summed E-state index contributed by atoms with van der Waals surface area (Å²) in [7, 11) is 1.94. The van der Waals surface area contributed by atoms with Crippen LogP contribution in [0, 0.1) is 5.82 Å². The van der Waals surface area contributed by atoms with Gasteiger partial charge in [0.2, 0.25) is 0 Å². The third kappa shape index (κ3) is 7.33. The number of benzene rings is 1. The van der Waals surface area contributed by atoms with Crippen molar-refractivity contribution in [1.29, 1.82) is 0 Å². The number of nitrogens with two attached hydrogens (primary N) is 2. The van der Waals surface area contributed by atoms with Crippen LogP contribution in [0.25, 0.3) is 5.57 Å². The van der Waals surface area contributed by atoms with Gasteiger partial charge in [-0.3, -0.25) is 0 Å². The Morgan fingerprint density at radius 2 is 1.97 bits per heavy atom. The van der Waals surface area contributed by atoms with Gasteiger partial charge in [-0.2, -0.15) is 5.10 Å². The number of piperidine rings is 1. The lowest BCUT2D eigenvalue weighted by Crippen LogP contribution is -2.43. The van der Waals surface area contributed by atoms with Crippen LogP contribution in [0.5, 0.6) is 0 Å². The molecule has 37 heavy (non-hydrogen) atoms. The molecule has 1 aromatic heterocycles. The number of nitrogens with one attached hydrogen (secondary N) is 3. The van der Waals surface area contributed by atoms with Crippen molar-refractivity contribution in [2.45, 2.75) is 38.6 Å². The second-order valence-electron chi connectivity index (χ2n) is 8.77. The summed E-state index contributed by atoms with van der Waals surface area (Å²) >= 11 is 0. The Morgan fingerprint density at radius 1 is 1.24 bits per heavy atom. The van der Waals surface area contributed by atoms with Crippen molar-refractivity contribution >= 4 is 28.6 Å². The molecule has 4 rings (SSSR count). The van der Waals surface area contributed by atoms with Gasteiger partial charge in [-0.15, -0.1) is 0 Å². The third-order valence-corrected chi connectivity index (χ3v) is 6.46. The number of aromatic nitrogens is 1. The molecule has 1 aliphatic heterocycles. The summed E-state index contributed by atoms with van der Waals surface area (Å²) in [6, 6.07) is 11.1. The zero-order valence-corrected chi connectivity index (χ0v) is 21.8. The van der Waals surface area contributed by atoms with Gasteiger partial charge in [-0.1, -0.05) is 30.9 Å². The number of hydrazone groups is 1. The molecule has 2 aliphatic rings. The van der Waals surface area contributed by atoms with E-state index in [0.717, 1.165) is 73.7 Å². The summed E-state index contributed by atoms with van der Waals surface area (Å²) in [5.74, 6) is 6.53. The Morgan fingerprint density at radius 3 is 2.62 bits per heavy atom. The molecule has 0 spiro atoms. The van der Waals surface area contributed by atoms with Gasteiger partial charge in [-0.25, -0.2) is 9.37 Å². The van der Waals surface area contributed by atoms with E-state index in [1.165, 1.54) is 12.3 Å². The highest BCUT2D eigenvalue weighted by molar-refractivity contribution is 6.11. The Hall–Kier alpha value is -3.85. The van der Waals surface area contributed by atoms with Gasteiger partial charge in [0, 0.05) is 42.5 Å². The number of amidine groups is 1. The SMILES string of the molecule is C=CNc1ccccc1F.CCN(c1cc(NC)cc(C2=CCCC=C2/C(N)=N/N)n1)C1CCNCC1. The fourth-order valence-electron chi connectivity index (χ4n) is 4.59. The Kier molecular flexibility index (Phi) is 10.5. The van der Waals surface area contributed by atoms with E-state index < -0.39 is 0 Å². The highest BCUT2D eigenvalue weighted by Gasteiger charge is 2.23. The Bertz CT molecular complexity index is 1130. The van der Waals surface area contributed by atoms with Crippen molar-refractivity contribution in [3.05, 3.63) is 78.4 Å². The fraction of sp³-hybridized carbons (Fsp3) is 0.357. The van der Waals surface area contributed by atoms with Crippen molar-refractivity contribution in [1.82, 2.24) is 10.3 Å². The molecule has 1 aromatic carbocycles. The fourth-order valence-corrected chi connectivity index (χ4v) is 4.59. The van der Waals surface area contributed by atoms with Crippen molar-refractivity contribution in [2.24, 2.45) is 16.7 Å². The topological polar surface area (TPSA) is 117 Å². The van der Waals surface area contributed by atoms with Crippen LogP contribution in [0.1, 0.15) is 38.3 Å². The van der Waals surface area contributed by atoms with Gasteiger partial charge in [-0.05, 0) is 70.1 Å². The first-order valence-corrected chi connectivity index (χ1v) is 12.8. The van der Waals surface area contributed by atoms with E-state index >= 15 is 0 Å². The molecular formula is C28H39FN8. The monoisotopic (exact) mass is 506 g/mol. The minimum absolute atomic E-state index is 0.262. The number of rotatable bonds is 8. The molecule has 9 heteroatoms. The summed E-state index contributed by atoms with van der Waals surface area (Å²) in [4.78, 5) is 7.44. The molecule has 0 atom stereocenters. The predicted octanol–water partition coefficient (Wildman–Crippen LogP) is 4.42. The van der Waals surface area contributed by atoms with E-state index in [4.69, 9.17) is 16.6 Å². The summed E-state index contributed by atoms with van der Waals surface area (Å²) in [6.45, 7) is 8.66. The van der Waals surface area contributed by atoms with Crippen LogP contribution >= 0.6 is 0 Å². The highest BCUT2D eigenvalue weighted by atomic mass is 19.1. The molecule has 2 aromatic rings. The van der Waals surface area contributed by atoms with E-state index in [1.807, 2.05) is 7.05 Å². The lowest BCUT2D eigenvalue weighted by atomic mass is 9.93. The zero-order valence-electron chi connectivity index (χ0n) is 21.8. The van der Waals surface area contributed by atoms with Gasteiger partial charge in [0.15, 0.2) is 5.84 Å². The van der Waals surface area contributed by atoms with Gasteiger partial charge < -0.3 is 32.4 Å². The van der Waals surface area contributed by atoms with Crippen molar-refractivity contribution in [3.63, 3.8) is 0 Å². The van der Waals surface area contributed by atoms with Crippen molar-refractivity contribution in [3.8, 4) is 0 Å². The lowest BCUT2D eigenvalue weighted by Gasteiger charge is -2.35. The number of nitrogens with zero attached hydrogens (tertiary/aromatic N) is 3. The minimum Gasteiger partial charge on any atom is -0.388 e. The van der Waals surface area contributed by atoms with Crippen LogP contribution in [0.2, 0.25) is 0 Å². The van der Waals surface area contributed by atoms with Gasteiger partial charge >= 0.3 is 0 Å². The molecule has 1 saturated heterocycles. The summed E-state index contributed by atoms with van der Waals surface area (Å²) in [6.07, 6.45) is 9.88. The molecule has 0 amide bonds. The number of allylic oxidation sites excluding steroid dienone is 2. The second kappa shape index (κ2) is 14.0. The number of halogens is 1. The van der Waals surface area contributed by atoms with Crippen LogP contribution in [-0.2, 0) is 0 Å². The molecule has 0 bridgehead atoms. The molecule has 198 valence electrons. The standard InChI is InChI=1S/C20H31N7.C8H8FN/c1-3-27(15-8-10-24-11-9-15)19-13-14(23-2)12-18(25-19)16-6-4-5-7-17(16)20(21)26-22;1-2-10-8-6-4-3-5-7(8)9/h6-7,12-13,15,24H,3-5,8-11,22H2,1-2H3,(H2,21,26)(H,23,25);2-6,10H,1H2. The Balaban J connectivity index is 0.000000319. The van der Waals surface area contributed by atoms with Crippen molar-refractivity contribution < 1.29 is 4.39 Å². The van der Waals surface area contributed by atoms with Gasteiger partial charge in [0.1, 0.15) is 11.6 Å². The number of hydrogen-bond donors (Lipinski definition) is 5. The third-order valence-electron chi connectivity index (χ3n) is 6.46. The van der Waals surface area contributed by atoms with Crippen molar-refractivity contribution in [2.75, 3.05) is 42.2 Å². The smallest absolute Gasteiger partial charge is 0.150 e. The highest BCUT2D eigenvalue weighted by Crippen LogP contribution is 2.32. The maximum Gasteiger partial charge on any atom is 0.150 e. The van der Waals surface area contributed by atoms with Crippen LogP contribution in [0.4, 0.5) is 21.6 Å². The van der Waals surface area contributed by atoms with E-state index in [-0.39, 0.29) is 5.82 Å². The Labute approximate surface area is 219 Å². The molecule has 1 aliphatic carbocycles. The summed E-state index contributed by atoms with van der Waals surface area (Å²) < 4.78 is 12.7. The zero-order chi connectivity index (χ0) is 26.6. The molecule has 0 radical (unpaired) electrons. The normalized spacial score (nSPS) is 16.0. The van der Waals surface area contributed by atoms with E-state index in [0.29, 0.717) is 17.6 Å². The molecule has 0 saturated carbocycles. The molecule has 1 fully saturated rings. The van der Waals surface area contributed by atoms with Crippen LogP contribution in [0.3, 0.4) is 0 Å². The lowest BCUT2D eigenvalue weighted by molar-refractivity contribution is 0.431. The van der Waals surface area contributed by atoms with E-state index in [1.54, 1.807) is 18.2 Å². The quantitative estimate of drug-likeness (QED) is 0.156. The molecular weight excluding hydrogens is 467 g/mol. The molecule has 2 heterocycles. The first-order valence-electron chi connectivity index (χ1n) is 12.8. The van der Waals surface area contributed by atoms with Crippen LogP contribution < -0.4 is 32.4 Å². The first-order chi connectivity index (χ1) is 18.0. The number of pyridine rings is 1. The largest absolute Gasteiger partial charge is 0.388 e. The molecule has 0 unspecified atom stereocenters. The van der Waals surface area contributed by atoms with Gasteiger partial charge in [0.05, 0.1) is 11.4 Å². The van der Waals surface area contributed by atoms with Gasteiger partial charge in [0.25, 0.3) is 0 Å². The predicted molar refractivity (Wildman–Crippen MR) is 154 cm³/mol. The number of anilines is 3. The minimum atomic E-state index is -0.262. The first kappa shape index (κ1) is 27.7. The summed E-state index contributed by atoms with van der Waals surface area (Å²) in [5.41, 5.74) is 10.3. The summed E-state index contributed by atoms with van der Waals surface area (Å²) in [5, 5.41) is 13.1. The van der Waals surface area contributed by atoms with Crippen LogP contribution in [-0.4, -0.2) is 43.5 Å². The maximum absolute atomic E-state index is 12.7. The number of para-hydroxylation sites is 1. The van der Waals surface area contributed by atoms with E-state index in [2.05, 4.69) is 63.7 Å². The average Bonchev–Trinajstić information content (AvgIpc) is 2.95. The maximum atomic E-state index is 12.7. The van der Waals surface area contributed by atoms with E-state index in [9.17, 15) is 4.39 Å². The van der Waals surface area contributed by atoms with Crippen LogP contribution in [0.15, 0.2) is 72.0 Å². The second-order valence-corrected chi connectivity index (χ2v) is 8.77. The molecule has 8 nitrogen and oxygen atoms in total. The number of hydrogen-bond acceptors (Lipinski definition) is 7. The molecule has 7 N–H and O–H groups in total. The average molecular weight is 507 g/mol.